The SMILES string of the molecule is N#C/C(=C\Nc1ncccn1)S(=O)(=O)c1ccc(Cl)cc1. The van der Waals surface area contributed by atoms with Gasteiger partial charge in [-0.05, 0) is 30.3 Å². The summed E-state index contributed by atoms with van der Waals surface area (Å²) in [5.74, 6) is 0.191. The summed E-state index contributed by atoms with van der Waals surface area (Å²) in [5.41, 5.74) is 0. The zero-order valence-electron chi connectivity index (χ0n) is 10.6. The third-order valence-electron chi connectivity index (χ3n) is 2.42. The second kappa shape index (κ2) is 6.35. The van der Waals surface area contributed by atoms with Crippen molar-refractivity contribution in [3.8, 4) is 6.07 Å². The quantitative estimate of drug-likeness (QED) is 0.869. The van der Waals surface area contributed by atoms with Crippen molar-refractivity contribution in [1.82, 2.24) is 9.97 Å². The van der Waals surface area contributed by atoms with E-state index in [-0.39, 0.29) is 10.8 Å². The Morgan fingerprint density at radius 3 is 2.43 bits per heavy atom. The van der Waals surface area contributed by atoms with Crippen LogP contribution in [0.4, 0.5) is 5.95 Å². The monoisotopic (exact) mass is 320 g/mol. The molecule has 0 amide bonds. The molecule has 0 unspecified atom stereocenters. The van der Waals surface area contributed by atoms with Crippen LogP contribution in [0.2, 0.25) is 5.02 Å². The number of allylic oxidation sites excluding steroid dienone is 1. The number of nitrogens with one attached hydrogen (secondary N) is 1. The van der Waals surface area contributed by atoms with Crippen molar-refractivity contribution in [3.63, 3.8) is 0 Å². The highest BCUT2D eigenvalue weighted by atomic mass is 35.5. The van der Waals surface area contributed by atoms with E-state index in [2.05, 4.69) is 15.3 Å². The maximum atomic E-state index is 12.3. The van der Waals surface area contributed by atoms with E-state index in [1.807, 2.05) is 0 Å². The molecule has 1 heterocycles. The van der Waals surface area contributed by atoms with E-state index in [9.17, 15) is 8.42 Å². The van der Waals surface area contributed by atoms with Gasteiger partial charge in [0.05, 0.1) is 4.90 Å². The van der Waals surface area contributed by atoms with Crippen LogP contribution in [-0.2, 0) is 9.84 Å². The highest BCUT2D eigenvalue weighted by Crippen LogP contribution is 2.20. The van der Waals surface area contributed by atoms with Gasteiger partial charge in [0, 0.05) is 23.6 Å². The van der Waals surface area contributed by atoms with Gasteiger partial charge in [0.2, 0.25) is 15.8 Å². The van der Waals surface area contributed by atoms with Crippen LogP contribution >= 0.6 is 11.6 Å². The molecule has 0 aliphatic heterocycles. The van der Waals surface area contributed by atoms with Crippen molar-refractivity contribution < 1.29 is 8.42 Å². The minimum absolute atomic E-state index is 0.0181. The van der Waals surface area contributed by atoms with E-state index in [1.54, 1.807) is 12.1 Å². The maximum absolute atomic E-state index is 12.3. The number of benzene rings is 1. The second-order valence-corrected chi connectivity index (χ2v) is 6.15. The first-order valence-electron chi connectivity index (χ1n) is 5.68. The normalized spacial score (nSPS) is 11.7. The van der Waals surface area contributed by atoms with Gasteiger partial charge in [-0.15, -0.1) is 0 Å². The fourth-order valence-electron chi connectivity index (χ4n) is 1.41. The van der Waals surface area contributed by atoms with Crippen molar-refractivity contribution in [1.29, 1.82) is 5.26 Å². The Bertz CT molecular complexity index is 796. The summed E-state index contributed by atoms with van der Waals surface area (Å²) < 4.78 is 24.6. The van der Waals surface area contributed by atoms with E-state index in [1.165, 1.54) is 36.7 Å². The minimum Gasteiger partial charge on any atom is -0.329 e. The van der Waals surface area contributed by atoms with Crippen LogP contribution < -0.4 is 5.32 Å². The van der Waals surface area contributed by atoms with Gasteiger partial charge >= 0.3 is 0 Å². The van der Waals surface area contributed by atoms with Crippen LogP contribution in [-0.4, -0.2) is 18.4 Å². The molecule has 21 heavy (non-hydrogen) atoms. The number of rotatable bonds is 4. The van der Waals surface area contributed by atoms with Crippen molar-refractivity contribution in [2.45, 2.75) is 4.90 Å². The molecule has 0 aliphatic rings. The minimum atomic E-state index is -3.91. The molecule has 0 spiro atoms. The van der Waals surface area contributed by atoms with Crippen LogP contribution in [0, 0.1) is 11.3 Å². The first kappa shape index (κ1) is 15.0. The van der Waals surface area contributed by atoms with Crippen LogP contribution in [0.5, 0.6) is 0 Å². The van der Waals surface area contributed by atoms with Gasteiger partial charge < -0.3 is 5.32 Å². The lowest BCUT2D eigenvalue weighted by atomic mass is 10.4. The lowest BCUT2D eigenvalue weighted by molar-refractivity contribution is 0.603. The third-order valence-corrected chi connectivity index (χ3v) is 4.35. The number of nitriles is 1. The molecule has 0 radical (unpaired) electrons. The van der Waals surface area contributed by atoms with Crippen LogP contribution in [0.1, 0.15) is 0 Å². The smallest absolute Gasteiger partial charge is 0.226 e. The molecule has 2 aromatic rings. The van der Waals surface area contributed by atoms with Gasteiger partial charge in [0.25, 0.3) is 0 Å². The summed E-state index contributed by atoms with van der Waals surface area (Å²) in [6.07, 6.45) is 4.03. The highest BCUT2D eigenvalue weighted by Gasteiger charge is 2.20. The van der Waals surface area contributed by atoms with Crippen molar-refractivity contribution >= 4 is 27.4 Å². The first-order valence-corrected chi connectivity index (χ1v) is 7.54. The van der Waals surface area contributed by atoms with Gasteiger partial charge in [0.15, 0.2) is 4.91 Å². The molecule has 0 atom stereocenters. The summed E-state index contributed by atoms with van der Waals surface area (Å²) >= 11 is 5.71. The van der Waals surface area contributed by atoms with E-state index in [4.69, 9.17) is 16.9 Å². The largest absolute Gasteiger partial charge is 0.329 e. The number of hydrogen-bond acceptors (Lipinski definition) is 6. The second-order valence-electron chi connectivity index (χ2n) is 3.79. The third kappa shape index (κ3) is 3.56. The van der Waals surface area contributed by atoms with Crippen molar-refractivity contribution in [3.05, 3.63) is 58.9 Å². The van der Waals surface area contributed by atoms with Gasteiger partial charge in [-0.2, -0.15) is 5.26 Å². The summed E-state index contributed by atoms with van der Waals surface area (Å²) in [6, 6.07) is 8.82. The molecule has 0 saturated carbocycles. The van der Waals surface area contributed by atoms with E-state index in [0.717, 1.165) is 6.20 Å². The predicted molar refractivity (Wildman–Crippen MR) is 78.0 cm³/mol. The Labute approximate surface area is 126 Å². The molecule has 2 rings (SSSR count). The molecule has 0 fully saturated rings. The van der Waals surface area contributed by atoms with Crippen LogP contribution in [0.25, 0.3) is 0 Å². The fraction of sp³-hybridized carbons (Fsp3) is 0. The van der Waals surface area contributed by atoms with Gasteiger partial charge in [-0.1, -0.05) is 11.6 Å². The van der Waals surface area contributed by atoms with E-state index in [0.29, 0.717) is 5.02 Å². The molecule has 0 bridgehead atoms. The van der Waals surface area contributed by atoms with Crippen LogP contribution in [0.15, 0.2) is 58.7 Å². The Morgan fingerprint density at radius 2 is 1.86 bits per heavy atom. The Balaban J connectivity index is 2.32. The van der Waals surface area contributed by atoms with Gasteiger partial charge in [0.1, 0.15) is 6.07 Å². The number of aromatic nitrogens is 2. The lowest BCUT2D eigenvalue weighted by Crippen LogP contribution is -2.06. The van der Waals surface area contributed by atoms with E-state index >= 15 is 0 Å². The molecule has 8 heteroatoms. The average Bonchev–Trinajstić information content (AvgIpc) is 2.49. The van der Waals surface area contributed by atoms with Crippen molar-refractivity contribution in [2.24, 2.45) is 0 Å². The standard InChI is InChI=1S/C13H9ClN4O2S/c14-10-2-4-11(5-3-10)21(19,20)12(8-15)9-18-13-16-6-1-7-17-13/h1-7,9H,(H,16,17,18)/b12-9+. The number of halogens is 1. The molecule has 0 saturated heterocycles. The summed E-state index contributed by atoms with van der Waals surface area (Å²) in [7, 11) is -3.91. The molecular weight excluding hydrogens is 312 g/mol. The number of nitrogens with zero attached hydrogens (tertiary/aromatic N) is 3. The topological polar surface area (TPSA) is 95.7 Å². The molecule has 1 aromatic heterocycles. The van der Waals surface area contributed by atoms with Crippen LogP contribution in [0.3, 0.4) is 0 Å². The lowest BCUT2D eigenvalue weighted by Gasteiger charge is -2.03. The molecule has 6 nitrogen and oxygen atoms in total. The summed E-state index contributed by atoms with van der Waals surface area (Å²) in [4.78, 5) is 7.26. The maximum Gasteiger partial charge on any atom is 0.226 e. The molecule has 0 aliphatic carbocycles. The molecule has 1 N–H and O–H groups in total. The zero-order chi connectivity index (χ0) is 15.3. The van der Waals surface area contributed by atoms with Gasteiger partial charge in [-0.25, -0.2) is 18.4 Å². The first-order chi connectivity index (χ1) is 10.0. The molecule has 106 valence electrons. The van der Waals surface area contributed by atoms with Gasteiger partial charge in [-0.3, -0.25) is 0 Å². The highest BCUT2D eigenvalue weighted by molar-refractivity contribution is 7.95. The van der Waals surface area contributed by atoms with E-state index < -0.39 is 14.7 Å². The number of sulfone groups is 1. The van der Waals surface area contributed by atoms with Crippen molar-refractivity contribution in [2.75, 3.05) is 5.32 Å². The molecule has 1 aromatic carbocycles. The zero-order valence-corrected chi connectivity index (χ0v) is 12.1. The fourth-order valence-corrected chi connectivity index (χ4v) is 2.62. The average molecular weight is 321 g/mol. The number of hydrogen-bond donors (Lipinski definition) is 1. The number of anilines is 1. The Morgan fingerprint density at radius 1 is 1.24 bits per heavy atom. The summed E-state index contributed by atoms with van der Waals surface area (Å²) in [5, 5.41) is 12.0. The predicted octanol–water partition coefficient (Wildman–Crippen LogP) is 2.38. The summed E-state index contributed by atoms with van der Waals surface area (Å²) in [6.45, 7) is 0. The Hall–Kier alpha value is -2.43. The molecular formula is C13H9ClN4O2S. The Kier molecular flexibility index (Phi) is 4.52.